The summed E-state index contributed by atoms with van der Waals surface area (Å²) in [5.74, 6) is 0.144. The molecule has 0 spiro atoms. The summed E-state index contributed by atoms with van der Waals surface area (Å²) in [6.07, 6.45) is 0.146. The number of halogens is 2. The molecule has 0 aliphatic heterocycles. The van der Waals surface area contributed by atoms with Gasteiger partial charge in [-0.2, -0.15) is 4.72 Å². The second kappa shape index (κ2) is 11.6. The monoisotopic (exact) mass is 522 g/mol. The van der Waals surface area contributed by atoms with Crippen molar-refractivity contribution >= 4 is 39.1 Å². The molecule has 0 aromatic heterocycles. The topological polar surface area (TPSA) is 93.7 Å². The Kier molecular flexibility index (Phi) is 8.79. The zero-order valence-corrected chi connectivity index (χ0v) is 20.9. The molecule has 34 heavy (non-hydrogen) atoms. The first-order valence-corrected chi connectivity index (χ1v) is 12.5. The van der Waals surface area contributed by atoms with E-state index in [2.05, 4.69) is 10.0 Å². The van der Waals surface area contributed by atoms with Gasteiger partial charge in [0.2, 0.25) is 15.9 Å². The van der Waals surface area contributed by atoms with Gasteiger partial charge in [-0.15, -0.1) is 0 Å². The number of benzene rings is 3. The fraction of sp³-hybridized carbons (Fsp3) is 0.208. The number of methoxy groups -OCH3 is 2. The lowest BCUT2D eigenvalue weighted by Crippen LogP contribution is -2.47. The van der Waals surface area contributed by atoms with E-state index in [1.807, 2.05) is 30.3 Å². The normalized spacial score (nSPS) is 12.1. The molecule has 10 heteroatoms. The van der Waals surface area contributed by atoms with Gasteiger partial charge in [0.15, 0.2) is 11.5 Å². The van der Waals surface area contributed by atoms with E-state index in [-0.39, 0.29) is 23.6 Å². The molecule has 0 saturated carbocycles. The number of hydrogen-bond donors (Lipinski definition) is 2. The molecule has 0 fully saturated rings. The molecule has 3 rings (SSSR count). The van der Waals surface area contributed by atoms with E-state index in [9.17, 15) is 13.2 Å². The highest BCUT2D eigenvalue weighted by atomic mass is 35.5. The average Bonchev–Trinajstić information content (AvgIpc) is 2.83. The number of carbonyl (C=O) groups is 1. The predicted octanol–water partition coefficient (Wildman–Crippen LogP) is 4.22. The van der Waals surface area contributed by atoms with Gasteiger partial charge < -0.3 is 14.8 Å². The van der Waals surface area contributed by atoms with Crippen molar-refractivity contribution in [2.45, 2.75) is 23.9 Å². The number of nitrogens with one attached hydrogen (secondary N) is 2. The Morgan fingerprint density at radius 3 is 2.29 bits per heavy atom. The van der Waals surface area contributed by atoms with E-state index < -0.39 is 22.0 Å². The van der Waals surface area contributed by atoms with Crippen LogP contribution in [0.25, 0.3) is 0 Å². The van der Waals surface area contributed by atoms with Gasteiger partial charge in [-0.25, -0.2) is 8.42 Å². The van der Waals surface area contributed by atoms with E-state index >= 15 is 0 Å². The molecule has 3 aromatic rings. The molecule has 3 aromatic carbocycles. The van der Waals surface area contributed by atoms with Crippen molar-refractivity contribution in [1.29, 1.82) is 0 Å². The summed E-state index contributed by atoms with van der Waals surface area (Å²) in [6.45, 7) is 0.109. The molecular formula is C24H24Cl2N2O5S. The lowest BCUT2D eigenvalue weighted by molar-refractivity contribution is -0.122. The summed E-state index contributed by atoms with van der Waals surface area (Å²) >= 11 is 12.1. The number of rotatable bonds is 10. The van der Waals surface area contributed by atoms with Gasteiger partial charge in [0.1, 0.15) is 6.04 Å². The molecule has 0 aliphatic carbocycles. The highest BCUT2D eigenvalue weighted by molar-refractivity contribution is 7.89. The number of ether oxygens (including phenoxy) is 2. The quantitative estimate of drug-likeness (QED) is 0.415. The predicted molar refractivity (Wildman–Crippen MR) is 132 cm³/mol. The van der Waals surface area contributed by atoms with Crippen LogP contribution in [0.4, 0.5) is 0 Å². The van der Waals surface area contributed by atoms with Crippen LogP contribution in [0.1, 0.15) is 11.1 Å². The Balaban J connectivity index is 1.84. The van der Waals surface area contributed by atoms with Crippen molar-refractivity contribution in [3.63, 3.8) is 0 Å². The van der Waals surface area contributed by atoms with Gasteiger partial charge in [0.05, 0.1) is 19.1 Å². The number of carbonyl (C=O) groups excluding carboxylic acids is 1. The Morgan fingerprint density at radius 1 is 0.941 bits per heavy atom. The molecule has 1 amide bonds. The number of amides is 1. The second-order valence-corrected chi connectivity index (χ2v) is 9.89. The van der Waals surface area contributed by atoms with E-state index in [1.54, 1.807) is 18.2 Å². The largest absolute Gasteiger partial charge is 0.493 e. The Hall–Kier alpha value is -2.78. The average molecular weight is 523 g/mol. The molecule has 180 valence electrons. The molecule has 1 atom stereocenters. The van der Waals surface area contributed by atoms with E-state index in [4.69, 9.17) is 32.7 Å². The van der Waals surface area contributed by atoms with Crippen molar-refractivity contribution in [2.24, 2.45) is 0 Å². The minimum atomic E-state index is -4.07. The highest BCUT2D eigenvalue weighted by Crippen LogP contribution is 2.29. The second-order valence-electron chi connectivity index (χ2n) is 7.33. The first-order valence-electron chi connectivity index (χ1n) is 10.2. The molecule has 0 radical (unpaired) electrons. The van der Waals surface area contributed by atoms with Crippen LogP contribution in [-0.2, 0) is 27.8 Å². The lowest BCUT2D eigenvalue weighted by Gasteiger charge is -2.19. The minimum Gasteiger partial charge on any atom is -0.493 e. The maximum absolute atomic E-state index is 13.1. The summed E-state index contributed by atoms with van der Waals surface area (Å²) < 4.78 is 39.2. The van der Waals surface area contributed by atoms with Crippen LogP contribution in [0, 0.1) is 0 Å². The fourth-order valence-corrected chi connectivity index (χ4v) is 4.93. The Morgan fingerprint density at radius 2 is 1.65 bits per heavy atom. The summed E-state index contributed by atoms with van der Waals surface area (Å²) in [7, 11) is -1.20. The molecule has 2 N–H and O–H groups in total. The van der Waals surface area contributed by atoms with Crippen molar-refractivity contribution in [2.75, 3.05) is 14.2 Å². The van der Waals surface area contributed by atoms with Crippen LogP contribution in [0.15, 0.2) is 71.6 Å². The maximum Gasteiger partial charge on any atom is 0.241 e. The van der Waals surface area contributed by atoms with E-state index in [0.29, 0.717) is 21.4 Å². The van der Waals surface area contributed by atoms with E-state index in [0.717, 1.165) is 5.56 Å². The third kappa shape index (κ3) is 6.64. The molecule has 0 aliphatic rings. The van der Waals surface area contributed by atoms with Crippen molar-refractivity contribution < 1.29 is 22.7 Å². The van der Waals surface area contributed by atoms with Gasteiger partial charge >= 0.3 is 0 Å². The smallest absolute Gasteiger partial charge is 0.241 e. The molecule has 7 nitrogen and oxygen atoms in total. The van der Waals surface area contributed by atoms with Gasteiger partial charge in [-0.3, -0.25) is 4.79 Å². The van der Waals surface area contributed by atoms with Crippen molar-refractivity contribution in [3.8, 4) is 11.5 Å². The van der Waals surface area contributed by atoms with E-state index in [1.165, 1.54) is 32.4 Å². The summed E-state index contributed by atoms with van der Waals surface area (Å²) in [5.41, 5.74) is 1.45. The van der Waals surface area contributed by atoms with Crippen LogP contribution in [0.2, 0.25) is 10.0 Å². The summed E-state index contributed by atoms with van der Waals surface area (Å²) in [6, 6.07) is 17.2. The third-order valence-electron chi connectivity index (χ3n) is 5.03. The van der Waals surface area contributed by atoms with Gasteiger partial charge in [-0.05, 0) is 41.8 Å². The van der Waals surface area contributed by atoms with Crippen molar-refractivity contribution in [3.05, 3.63) is 87.9 Å². The SMILES string of the molecule is COc1ccc(S(=O)(=O)N[C@H](Cc2ccccc2)C(=O)NCc2ccc(Cl)cc2Cl)cc1OC. The van der Waals surface area contributed by atoms with Crippen LogP contribution >= 0.6 is 23.2 Å². The zero-order valence-electron chi connectivity index (χ0n) is 18.5. The van der Waals surface area contributed by atoms with Crippen LogP contribution < -0.4 is 19.5 Å². The zero-order chi connectivity index (χ0) is 24.7. The molecule has 0 unspecified atom stereocenters. The summed E-state index contributed by atoms with van der Waals surface area (Å²) in [4.78, 5) is 13.0. The van der Waals surface area contributed by atoms with Gasteiger partial charge in [0, 0.05) is 22.7 Å². The first-order chi connectivity index (χ1) is 16.2. The molecule has 0 saturated heterocycles. The van der Waals surface area contributed by atoms with Crippen molar-refractivity contribution in [1.82, 2.24) is 10.0 Å². The summed E-state index contributed by atoms with van der Waals surface area (Å²) in [5, 5.41) is 3.63. The molecule has 0 bridgehead atoms. The van der Waals surface area contributed by atoms with Crippen LogP contribution in [0.5, 0.6) is 11.5 Å². The van der Waals surface area contributed by atoms with Crippen LogP contribution in [0.3, 0.4) is 0 Å². The third-order valence-corrected chi connectivity index (χ3v) is 7.09. The minimum absolute atomic E-state index is 0.0586. The van der Waals surface area contributed by atoms with Gasteiger partial charge in [0.25, 0.3) is 0 Å². The fourth-order valence-electron chi connectivity index (χ4n) is 3.25. The Bertz CT molecular complexity index is 1250. The molecular weight excluding hydrogens is 499 g/mol. The standard InChI is InChI=1S/C24H24Cl2N2O5S/c1-32-22-11-10-19(14-23(22)33-2)34(30,31)28-21(12-16-6-4-3-5-7-16)24(29)27-15-17-8-9-18(25)13-20(17)26/h3-11,13-14,21,28H,12,15H2,1-2H3,(H,27,29)/t21-/m1/s1. The molecule has 0 heterocycles. The first kappa shape index (κ1) is 25.8. The lowest BCUT2D eigenvalue weighted by atomic mass is 10.1. The number of hydrogen-bond acceptors (Lipinski definition) is 5. The highest BCUT2D eigenvalue weighted by Gasteiger charge is 2.27. The number of sulfonamides is 1. The Labute approximate surface area is 209 Å². The van der Waals surface area contributed by atoms with Crippen LogP contribution in [-0.4, -0.2) is 34.6 Å². The maximum atomic E-state index is 13.1. The van der Waals surface area contributed by atoms with Gasteiger partial charge in [-0.1, -0.05) is 59.6 Å².